The van der Waals surface area contributed by atoms with Gasteiger partial charge in [0, 0.05) is 11.1 Å². The lowest BCUT2D eigenvalue weighted by molar-refractivity contribution is -0.137. The van der Waals surface area contributed by atoms with Crippen molar-refractivity contribution in [2.45, 2.75) is 25.8 Å². The van der Waals surface area contributed by atoms with Crippen molar-refractivity contribution in [1.82, 2.24) is 0 Å². The highest BCUT2D eigenvalue weighted by molar-refractivity contribution is 6.17. The number of ether oxygens (including phenoxy) is 1. The quantitative estimate of drug-likeness (QED) is 0.415. The second-order valence-electron chi connectivity index (χ2n) is 3.31. The third-order valence-electron chi connectivity index (χ3n) is 1.14. The van der Waals surface area contributed by atoms with Crippen LogP contribution in [0.1, 0.15) is 20.3 Å². The van der Waals surface area contributed by atoms with Gasteiger partial charge in [-0.1, -0.05) is 18.2 Å². The van der Waals surface area contributed by atoms with Crippen LogP contribution >= 0.6 is 11.6 Å². The van der Waals surface area contributed by atoms with Crippen LogP contribution in [0.5, 0.6) is 0 Å². The van der Waals surface area contributed by atoms with E-state index in [-0.39, 0.29) is 6.07 Å². The topological polar surface area (TPSA) is 52.3 Å². The van der Waals surface area contributed by atoms with Crippen LogP contribution in [0.15, 0.2) is 12.2 Å². The summed E-state index contributed by atoms with van der Waals surface area (Å²) < 4.78 is 4.52. The third-order valence-corrected chi connectivity index (χ3v) is 1.25. The Balaban J connectivity index is 3.97. The molecule has 0 atom stereocenters. The summed E-state index contributed by atoms with van der Waals surface area (Å²) in [5.41, 5.74) is 5.58. The lowest BCUT2D eigenvalue weighted by Gasteiger charge is -2.18. The van der Waals surface area contributed by atoms with Gasteiger partial charge in [-0.05, 0) is 20.3 Å². The number of hydrogen-bond acceptors (Lipinski definition) is 3. The highest BCUT2D eigenvalue weighted by Gasteiger charge is 2.17. The molecule has 0 radical (unpaired) electrons. The number of carbonyl (C=O) groups is 1. The summed E-state index contributed by atoms with van der Waals surface area (Å²) >= 11 is 5.20. The molecule has 0 saturated carbocycles. The number of esters is 1. The maximum Gasteiger partial charge on any atom is 0.334 e. The first kappa shape index (κ1) is 11.5. The Kier molecular flexibility index (Phi) is 4.28. The number of hydrogen-bond donors (Lipinski definition) is 1. The van der Waals surface area contributed by atoms with Crippen molar-refractivity contribution in [2.24, 2.45) is 5.73 Å². The molecule has 3 nitrogen and oxygen atoms in total. The van der Waals surface area contributed by atoms with Crippen molar-refractivity contribution in [3.05, 3.63) is 12.2 Å². The normalized spacial score (nSPS) is 11.0. The first-order valence-corrected chi connectivity index (χ1v) is 4.10. The van der Waals surface area contributed by atoms with Gasteiger partial charge in [0.05, 0.1) is 0 Å². The van der Waals surface area contributed by atoms with E-state index in [1.54, 1.807) is 0 Å². The molecule has 0 rings (SSSR count). The second-order valence-corrected chi connectivity index (χ2v) is 3.53. The van der Waals surface area contributed by atoms with Crippen LogP contribution in [0, 0.1) is 0 Å². The van der Waals surface area contributed by atoms with Crippen LogP contribution in [-0.4, -0.2) is 17.6 Å². The molecule has 0 aliphatic rings. The minimum atomic E-state index is -0.483. The summed E-state index contributed by atoms with van der Waals surface area (Å²) in [6, 6.07) is -0.150. The fourth-order valence-corrected chi connectivity index (χ4v) is 0.873. The largest absolute Gasteiger partial charge is 0.446 e. The minimum absolute atomic E-state index is 0.150. The summed E-state index contributed by atoms with van der Waals surface area (Å²) in [6.45, 7) is 7.17. The molecule has 70 valence electrons. The Labute approximate surface area is 77.5 Å². The molecule has 0 aliphatic heterocycles. The zero-order valence-corrected chi connectivity index (χ0v) is 8.15. The van der Waals surface area contributed by atoms with Gasteiger partial charge in [0.1, 0.15) is 0 Å². The summed E-state index contributed by atoms with van der Waals surface area (Å²) in [7, 11) is 0. The summed E-state index contributed by atoms with van der Waals surface area (Å²) in [4.78, 5) is 11.0. The number of alkyl halides is 1. The SMILES string of the molecule is C=C(CC(C)(C)N)C(=O)OCCl. The molecule has 0 aromatic carbocycles. The van der Waals surface area contributed by atoms with Gasteiger partial charge in [-0.15, -0.1) is 0 Å². The van der Waals surface area contributed by atoms with Gasteiger partial charge < -0.3 is 10.5 Å². The first-order chi connectivity index (χ1) is 5.37. The molecule has 0 spiro atoms. The Morgan fingerprint density at radius 2 is 2.17 bits per heavy atom. The zero-order chi connectivity index (χ0) is 9.78. The van der Waals surface area contributed by atoms with Crippen LogP contribution < -0.4 is 5.73 Å². The van der Waals surface area contributed by atoms with E-state index in [9.17, 15) is 4.79 Å². The molecule has 0 unspecified atom stereocenters. The van der Waals surface area contributed by atoms with E-state index in [1.165, 1.54) is 0 Å². The van der Waals surface area contributed by atoms with Gasteiger partial charge in [0.25, 0.3) is 0 Å². The van der Waals surface area contributed by atoms with Gasteiger partial charge in [0.15, 0.2) is 6.07 Å². The molecule has 4 heteroatoms. The lowest BCUT2D eigenvalue weighted by Crippen LogP contribution is -2.33. The number of halogens is 1. The average molecular weight is 192 g/mol. The van der Waals surface area contributed by atoms with Crippen LogP contribution in [0.25, 0.3) is 0 Å². The lowest BCUT2D eigenvalue weighted by atomic mass is 9.97. The molecule has 12 heavy (non-hydrogen) atoms. The number of rotatable bonds is 4. The summed E-state index contributed by atoms with van der Waals surface area (Å²) in [5, 5.41) is 0. The highest BCUT2D eigenvalue weighted by Crippen LogP contribution is 2.12. The molecule has 0 saturated heterocycles. The van der Waals surface area contributed by atoms with E-state index < -0.39 is 11.5 Å². The van der Waals surface area contributed by atoms with E-state index in [0.29, 0.717) is 12.0 Å². The molecule has 0 bridgehead atoms. The Morgan fingerprint density at radius 1 is 1.67 bits per heavy atom. The fraction of sp³-hybridized carbons (Fsp3) is 0.625. The molecular formula is C8H14ClNO2. The van der Waals surface area contributed by atoms with Crippen molar-refractivity contribution < 1.29 is 9.53 Å². The monoisotopic (exact) mass is 191 g/mol. The van der Waals surface area contributed by atoms with E-state index in [1.807, 2.05) is 13.8 Å². The second kappa shape index (κ2) is 4.48. The number of nitrogens with two attached hydrogens (primary N) is 1. The predicted octanol–water partition coefficient (Wildman–Crippen LogP) is 1.41. The zero-order valence-electron chi connectivity index (χ0n) is 7.39. The van der Waals surface area contributed by atoms with E-state index in [4.69, 9.17) is 17.3 Å². The third kappa shape index (κ3) is 5.16. The van der Waals surface area contributed by atoms with Crippen LogP contribution in [0.3, 0.4) is 0 Å². The minimum Gasteiger partial charge on any atom is -0.446 e. The van der Waals surface area contributed by atoms with Crippen LogP contribution in [0.4, 0.5) is 0 Å². The van der Waals surface area contributed by atoms with Crippen LogP contribution in [0.2, 0.25) is 0 Å². The first-order valence-electron chi connectivity index (χ1n) is 3.56. The van der Waals surface area contributed by atoms with Crippen LogP contribution in [-0.2, 0) is 9.53 Å². The predicted molar refractivity (Wildman–Crippen MR) is 48.8 cm³/mol. The molecule has 0 amide bonds. The van der Waals surface area contributed by atoms with Crippen molar-refractivity contribution >= 4 is 17.6 Å². The summed E-state index contributed by atoms with van der Waals surface area (Å²) in [5.74, 6) is -0.483. The molecule has 0 aromatic heterocycles. The van der Waals surface area contributed by atoms with Crippen molar-refractivity contribution in [2.75, 3.05) is 6.07 Å². The average Bonchev–Trinajstić information content (AvgIpc) is 1.84. The van der Waals surface area contributed by atoms with Gasteiger partial charge in [-0.3, -0.25) is 0 Å². The smallest absolute Gasteiger partial charge is 0.334 e. The Bertz CT molecular complexity index is 184. The van der Waals surface area contributed by atoms with E-state index in [0.717, 1.165) is 0 Å². The van der Waals surface area contributed by atoms with Gasteiger partial charge in [-0.2, -0.15) is 0 Å². The molecule has 0 fully saturated rings. The van der Waals surface area contributed by atoms with Gasteiger partial charge in [-0.25, -0.2) is 4.79 Å². The number of carbonyl (C=O) groups excluding carboxylic acids is 1. The van der Waals surface area contributed by atoms with Crippen molar-refractivity contribution in [3.63, 3.8) is 0 Å². The molecule has 0 aliphatic carbocycles. The molecular weight excluding hydrogens is 178 g/mol. The van der Waals surface area contributed by atoms with Gasteiger partial charge in [0.2, 0.25) is 0 Å². The summed E-state index contributed by atoms with van der Waals surface area (Å²) in [6.07, 6.45) is 0.405. The Hall–Kier alpha value is -0.540. The van der Waals surface area contributed by atoms with Crippen molar-refractivity contribution in [3.8, 4) is 0 Å². The highest BCUT2D eigenvalue weighted by atomic mass is 35.5. The molecule has 0 aromatic rings. The Morgan fingerprint density at radius 3 is 2.50 bits per heavy atom. The van der Waals surface area contributed by atoms with E-state index in [2.05, 4.69) is 11.3 Å². The maximum atomic E-state index is 11.0. The standard InChI is InChI=1S/C8H14ClNO2/c1-6(4-8(2,3)10)7(11)12-5-9/h1,4-5,10H2,2-3H3. The van der Waals surface area contributed by atoms with Crippen molar-refractivity contribution in [1.29, 1.82) is 0 Å². The fourth-order valence-electron chi connectivity index (χ4n) is 0.774. The molecule has 2 N–H and O–H groups in total. The maximum absolute atomic E-state index is 11.0. The van der Waals surface area contributed by atoms with Gasteiger partial charge >= 0.3 is 5.97 Å². The van der Waals surface area contributed by atoms with E-state index >= 15 is 0 Å². The molecule has 0 heterocycles.